The molecule has 0 radical (unpaired) electrons. The Morgan fingerprint density at radius 3 is 2.33 bits per heavy atom. The van der Waals surface area contributed by atoms with Gasteiger partial charge in [0.25, 0.3) is 5.56 Å². The van der Waals surface area contributed by atoms with Gasteiger partial charge in [0, 0.05) is 6.54 Å². The number of aryl methyl sites for hydroxylation is 1. The van der Waals surface area contributed by atoms with Crippen LogP contribution in [-0.2, 0) is 6.54 Å². The first kappa shape index (κ1) is 25.7. The summed E-state index contributed by atoms with van der Waals surface area (Å²) in [5, 5.41) is 3.51. The summed E-state index contributed by atoms with van der Waals surface area (Å²) in [4.78, 5) is 34.4. The molecule has 1 unspecified atom stereocenters. The lowest BCUT2D eigenvalue weighted by molar-refractivity contribution is 0.185. The standard InChI is InChI=1S/C32H30N4O3/c1-22-17-19-25(20-18-22)36-30(33-27-14-8-7-13-26(27)31(36)37)23(2)35(21-24-11-5-4-6-12-24)32(38)34-28-15-9-10-16-29(28)39-3/h4-20,23H,21H2,1-3H3,(H,34,38). The molecule has 5 rings (SSSR count). The molecule has 7 heteroatoms. The third-order valence-electron chi connectivity index (χ3n) is 6.74. The Hall–Kier alpha value is -4.91. The normalized spacial score (nSPS) is 11.7. The first-order valence-electron chi connectivity index (χ1n) is 12.8. The van der Waals surface area contributed by atoms with E-state index >= 15 is 0 Å². The van der Waals surface area contributed by atoms with E-state index in [2.05, 4.69) is 5.32 Å². The molecule has 1 N–H and O–H groups in total. The van der Waals surface area contributed by atoms with E-state index in [-0.39, 0.29) is 11.6 Å². The van der Waals surface area contributed by atoms with E-state index in [9.17, 15) is 9.59 Å². The molecule has 0 fully saturated rings. The molecular weight excluding hydrogens is 488 g/mol. The van der Waals surface area contributed by atoms with Gasteiger partial charge in [0.05, 0.1) is 35.4 Å². The maximum Gasteiger partial charge on any atom is 0.322 e. The van der Waals surface area contributed by atoms with Crippen molar-refractivity contribution in [2.24, 2.45) is 0 Å². The number of ether oxygens (including phenoxy) is 1. The number of nitrogens with one attached hydrogen (secondary N) is 1. The van der Waals surface area contributed by atoms with E-state index in [0.29, 0.717) is 40.4 Å². The van der Waals surface area contributed by atoms with Crippen LogP contribution >= 0.6 is 0 Å². The fourth-order valence-electron chi connectivity index (χ4n) is 4.61. The number of hydrogen-bond donors (Lipinski definition) is 1. The number of aromatic nitrogens is 2. The van der Waals surface area contributed by atoms with Crippen molar-refractivity contribution < 1.29 is 9.53 Å². The third-order valence-corrected chi connectivity index (χ3v) is 6.74. The van der Waals surface area contributed by atoms with Crippen LogP contribution in [0.2, 0.25) is 0 Å². The minimum absolute atomic E-state index is 0.184. The van der Waals surface area contributed by atoms with Gasteiger partial charge in [-0.15, -0.1) is 0 Å². The van der Waals surface area contributed by atoms with Crippen molar-refractivity contribution in [3.8, 4) is 11.4 Å². The summed E-state index contributed by atoms with van der Waals surface area (Å²) in [6.07, 6.45) is 0. The highest BCUT2D eigenvalue weighted by atomic mass is 16.5. The van der Waals surface area contributed by atoms with Crippen LogP contribution in [0.25, 0.3) is 16.6 Å². The summed E-state index contributed by atoms with van der Waals surface area (Å²) in [6, 6.07) is 31.1. The molecule has 4 aromatic carbocycles. The second kappa shape index (κ2) is 11.2. The number of anilines is 1. The number of benzene rings is 4. The zero-order valence-corrected chi connectivity index (χ0v) is 22.2. The van der Waals surface area contributed by atoms with E-state index in [0.717, 1.165) is 11.1 Å². The number of methoxy groups -OCH3 is 1. The van der Waals surface area contributed by atoms with Gasteiger partial charge >= 0.3 is 6.03 Å². The number of urea groups is 1. The molecule has 0 spiro atoms. The molecule has 0 saturated heterocycles. The number of carbonyl (C=O) groups excluding carboxylic acids is 1. The van der Waals surface area contributed by atoms with E-state index in [1.807, 2.05) is 98.8 Å². The van der Waals surface area contributed by atoms with Crippen LogP contribution in [-0.4, -0.2) is 27.6 Å². The Kier molecular flexibility index (Phi) is 7.41. The fourth-order valence-corrected chi connectivity index (χ4v) is 4.61. The van der Waals surface area contributed by atoms with Gasteiger partial charge in [-0.1, -0.05) is 72.3 Å². The maximum absolute atomic E-state index is 13.9. The van der Waals surface area contributed by atoms with Gasteiger partial charge in [-0.25, -0.2) is 9.78 Å². The fraction of sp³-hybridized carbons (Fsp3) is 0.156. The lowest BCUT2D eigenvalue weighted by Crippen LogP contribution is -2.39. The minimum atomic E-state index is -0.571. The number of fused-ring (bicyclic) bond motifs is 1. The molecule has 0 aliphatic rings. The van der Waals surface area contributed by atoms with Crippen LogP contribution in [0.1, 0.15) is 29.9 Å². The smallest absolute Gasteiger partial charge is 0.322 e. The minimum Gasteiger partial charge on any atom is -0.495 e. The summed E-state index contributed by atoms with van der Waals surface area (Å²) in [6.45, 7) is 4.20. The molecule has 5 aromatic rings. The highest BCUT2D eigenvalue weighted by Crippen LogP contribution is 2.28. The van der Waals surface area contributed by atoms with Gasteiger partial charge in [-0.05, 0) is 55.8 Å². The zero-order chi connectivity index (χ0) is 27.4. The van der Waals surface area contributed by atoms with E-state index in [1.54, 1.807) is 34.8 Å². The molecule has 0 aliphatic heterocycles. The molecule has 2 amide bonds. The van der Waals surface area contributed by atoms with E-state index < -0.39 is 6.04 Å². The summed E-state index contributed by atoms with van der Waals surface area (Å²) >= 11 is 0. The predicted molar refractivity (Wildman–Crippen MR) is 154 cm³/mol. The van der Waals surface area contributed by atoms with Crippen molar-refractivity contribution in [1.82, 2.24) is 14.5 Å². The van der Waals surface area contributed by atoms with E-state index in [1.165, 1.54) is 0 Å². The van der Waals surface area contributed by atoms with Crippen LogP contribution in [0.3, 0.4) is 0 Å². The monoisotopic (exact) mass is 518 g/mol. The van der Waals surface area contributed by atoms with Gasteiger partial charge in [0.2, 0.25) is 0 Å². The van der Waals surface area contributed by atoms with Crippen LogP contribution < -0.4 is 15.6 Å². The molecule has 0 saturated carbocycles. The largest absolute Gasteiger partial charge is 0.495 e. The Bertz CT molecular complexity index is 1660. The molecule has 7 nitrogen and oxygen atoms in total. The molecule has 196 valence electrons. The quantitative estimate of drug-likeness (QED) is 0.267. The first-order chi connectivity index (χ1) is 19.0. The number of carbonyl (C=O) groups is 1. The molecule has 1 atom stereocenters. The van der Waals surface area contributed by atoms with Crippen LogP contribution in [0.4, 0.5) is 10.5 Å². The number of hydrogen-bond acceptors (Lipinski definition) is 4. The summed E-state index contributed by atoms with van der Waals surface area (Å²) in [5.41, 5.74) is 3.67. The topological polar surface area (TPSA) is 76.5 Å². The van der Waals surface area contributed by atoms with Gasteiger partial charge in [-0.2, -0.15) is 0 Å². The van der Waals surface area contributed by atoms with Gasteiger partial charge in [0.15, 0.2) is 0 Å². The molecule has 1 heterocycles. The number of amides is 2. The van der Waals surface area contributed by atoms with Gasteiger partial charge in [-0.3, -0.25) is 9.36 Å². The lowest BCUT2D eigenvalue weighted by atomic mass is 10.1. The second-order valence-electron chi connectivity index (χ2n) is 9.38. The van der Waals surface area contributed by atoms with Crippen molar-refractivity contribution in [1.29, 1.82) is 0 Å². The molecule has 39 heavy (non-hydrogen) atoms. The van der Waals surface area contributed by atoms with Crippen LogP contribution in [0, 0.1) is 6.92 Å². The summed E-state index contributed by atoms with van der Waals surface area (Å²) in [5.74, 6) is 1.02. The summed E-state index contributed by atoms with van der Waals surface area (Å²) in [7, 11) is 1.56. The average Bonchev–Trinajstić information content (AvgIpc) is 2.97. The number of nitrogens with zero attached hydrogens (tertiary/aromatic N) is 3. The Labute approximate surface area is 227 Å². The third kappa shape index (κ3) is 5.38. The Balaban J connectivity index is 1.64. The zero-order valence-electron chi connectivity index (χ0n) is 22.2. The SMILES string of the molecule is COc1ccccc1NC(=O)N(Cc1ccccc1)C(C)c1nc2ccccc2c(=O)n1-c1ccc(C)cc1. The maximum atomic E-state index is 13.9. The highest BCUT2D eigenvalue weighted by Gasteiger charge is 2.28. The lowest BCUT2D eigenvalue weighted by Gasteiger charge is -2.31. The first-order valence-corrected chi connectivity index (χ1v) is 12.8. The van der Waals surface area contributed by atoms with Crippen molar-refractivity contribution in [3.63, 3.8) is 0 Å². The van der Waals surface area contributed by atoms with Crippen molar-refractivity contribution in [3.05, 3.63) is 130 Å². The van der Waals surface area contributed by atoms with Crippen molar-refractivity contribution in [2.45, 2.75) is 26.4 Å². The second-order valence-corrected chi connectivity index (χ2v) is 9.38. The van der Waals surface area contributed by atoms with Gasteiger partial charge in [0.1, 0.15) is 11.6 Å². The predicted octanol–water partition coefficient (Wildman–Crippen LogP) is 6.50. The number of rotatable bonds is 7. The van der Waals surface area contributed by atoms with Crippen molar-refractivity contribution in [2.75, 3.05) is 12.4 Å². The molecule has 1 aromatic heterocycles. The van der Waals surface area contributed by atoms with Crippen molar-refractivity contribution >= 4 is 22.6 Å². The van der Waals surface area contributed by atoms with Crippen LogP contribution in [0.5, 0.6) is 5.75 Å². The highest BCUT2D eigenvalue weighted by molar-refractivity contribution is 5.91. The Morgan fingerprint density at radius 2 is 1.59 bits per heavy atom. The molecule has 0 aliphatic carbocycles. The van der Waals surface area contributed by atoms with Gasteiger partial charge < -0.3 is 15.0 Å². The molecule has 0 bridgehead atoms. The average molecular weight is 519 g/mol. The molecular formula is C32H30N4O3. The van der Waals surface area contributed by atoms with E-state index in [4.69, 9.17) is 9.72 Å². The Morgan fingerprint density at radius 1 is 0.923 bits per heavy atom. The summed E-state index contributed by atoms with van der Waals surface area (Å²) < 4.78 is 7.06. The van der Waals surface area contributed by atoms with Crippen LogP contribution in [0.15, 0.2) is 108 Å². The number of para-hydroxylation sites is 3.